The molecule has 186 valence electrons. The molecule has 4 rings (SSSR count). The van der Waals surface area contributed by atoms with Crippen molar-refractivity contribution in [3.63, 3.8) is 0 Å². The largest absolute Gasteiger partial charge is 0.455 e. The van der Waals surface area contributed by atoms with Crippen molar-refractivity contribution < 1.29 is 13.9 Å². The van der Waals surface area contributed by atoms with Gasteiger partial charge in [-0.15, -0.1) is 0 Å². The number of carbonyl (C=O) groups is 1. The van der Waals surface area contributed by atoms with Gasteiger partial charge in [-0.2, -0.15) is 0 Å². The SMILES string of the molecule is COCc1cc(N2CCN(c3ccccc3Cl)CC2)nc(SCc2ccc(C(=O)NC(C)C)o2)n1. The van der Waals surface area contributed by atoms with Crippen LogP contribution in [0.3, 0.4) is 0 Å². The average molecular weight is 516 g/mol. The lowest BCUT2D eigenvalue weighted by Gasteiger charge is -2.37. The molecule has 10 heteroatoms. The Balaban J connectivity index is 1.42. The number of piperazine rings is 1. The lowest BCUT2D eigenvalue weighted by molar-refractivity contribution is 0.0913. The van der Waals surface area contributed by atoms with Gasteiger partial charge in [-0.25, -0.2) is 9.97 Å². The number of rotatable bonds is 9. The maximum atomic E-state index is 12.1. The summed E-state index contributed by atoms with van der Waals surface area (Å²) in [6, 6.07) is 13.5. The van der Waals surface area contributed by atoms with Gasteiger partial charge in [-0.3, -0.25) is 4.79 Å². The zero-order valence-corrected chi connectivity index (χ0v) is 21.7. The van der Waals surface area contributed by atoms with Crippen LogP contribution in [0.15, 0.2) is 52.0 Å². The first-order valence-corrected chi connectivity index (χ1v) is 12.9. The van der Waals surface area contributed by atoms with Gasteiger partial charge in [0.1, 0.15) is 11.6 Å². The summed E-state index contributed by atoms with van der Waals surface area (Å²) >= 11 is 7.86. The normalized spacial score (nSPS) is 14.0. The van der Waals surface area contributed by atoms with Gasteiger partial charge in [-0.1, -0.05) is 35.5 Å². The first-order valence-electron chi connectivity index (χ1n) is 11.6. The summed E-state index contributed by atoms with van der Waals surface area (Å²) in [6.07, 6.45) is 0. The summed E-state index contributed by atoms with van der Waals surface area (Å²) in [5.41, 5.74) is 1.89. The van der Waals surface area contributed by atoms with Crippen LogP contribution < -0.4 is 15.1 Å². The molecule has 3 heterocycles. The second-order valence-electron chi connectivity index (χ2n) is 8.54. The highest BCUT2D eigenvalue weighted by atomic mass is 35.5. The van der Waals surface area contributed by atoms with Crippen molar-refractivity contribution in [3.8, 4) is 0 Å². The van der Waals surface area contributed by atoms with Crippen molar-refractivity contribution in [1.29, 1.82) is 0 Å². The first kappa shape index (κ1) is 25.3. The van der Waals surface area contributed by atoms with Gasteiger partial charge >= 0.3 is 0 Å². The number of para-hydroxylation sites is 1. The number of furan rings is 1. The van der Waals surface area contributed by atoms with E-state index in [9.17, 15) is 4.79 Å². The molecular formula is C25H30ClN5O3S. The van der Waals surface area contributed by atoms with E-state index in [1.165, 1.54) is 11.8 Å². The third-order valence-corrected chi connectivity index (χ3v) is 6.67. The predicted octanol–water partition coefficient (Wildman–Crippen LogP) is 4.63. The number of nitrogens with zero attached hydrogens (tertiary/aromatic N) is 4. The number of nitrogens with one attached hydrogen (secondary N) is 1. The maximum Gasteiger partial charge on any atom is 0.287 e. The monoisotopic (exact) mass is 515 g/mol. The fourth-order valence-corrected chi connectivity index (χ4v) is 4.86. The minimum atomic E-state index is -0.215. The number of halogens is 1. The van der Waals surface area contributed by atoms with E-state index in [0.29, 0.717) is 29.0 Å². The van der Waals surface area contributed by atoms with Crippen LogP contribution in [-0.4, -0.2) is 55.2 Å². The molecule has 2 aromatic heterocycles. The minimum Gasteiger partial charge on any atom is -0.455 e. The second kappa shape index (κ2) is 11.8. The second-order valence-corrected chi connectivity index (χ2v) is 9.89. The van der Waals surface area contributed by atoms with Gasteiger partial charge < -0.3 is 24.3 Å². The Hall–Kier alpha value is -2.75. The van der Waals surface area contributed by atoms with Crippen LogP contribution in [0.25, 0.3) is 0 Å². The van der Waals surface area contributed by atoms with E-state index in [1.807, 2.05) is 44.2 Å². The third kappa shape index (κ3) is 6.68. The topological polar surface area (TPSA) is 83.7 Å². The van der Waals surface area contributed by atoms with Gasteiger partial charge in [0.2, 0.25) is 0 Å². The highest BCUT2D eigenvalue weighted by Crippen LogP contribution is 2.28. The van der Waals surface area contributed by atoms with Gasteiger partial charge in [0.25, 0.3) is 5.91 Å². The van der Waals surface area contributed by atoms with Crippen molar-refractivity contribution in [2.45, 2.75) is 37.4 Å². The Morgan fingerprint density at radius 1 is 1.14 bits per heavy atom. The molecule has 0 atom stereocenters. The fraction of sp³-hybridized carbons (Fsp3) is 0.400. The number of carbonyl (C=O) groups excluding carboxylic acids is 1. The molecule has 0 radical (unpaired) electrons. The molecular weight excluding hydrogens is 486 g/mol. The maximum absolute atomic E-state index is 12.1. The van der Waals surface area contributed by atoms with E-state index >= 15 is 0 Å². The van der Waals surface area contributed by atoms with Crippen LogP contribution in [0, 0.1) is 0 Å². The van der Waals surface area contributed by atoms with Crippen LogP contribution in [0.2, 0.25) is 5.02 Å². The Labute approximate surface area is 215 Å². The number of aromatic nitrogens is 2. The predicted molar refractivity (Wildman–Crippen MR) is 139 cm³/mol. The number of hydrogen-bond donors (Lipinski definition) is 1. The molecule has 0 unspecified atom stereocenters. The number of benzene rings is 1. The Morgan fingerprint density at radius 2 is 1.89 bits per heavy atom. The summed E-state index contributed by atoms with van der Waals surface area (Å²) in [6.45, 7) is 7.58. The van der Waals surface area contributed by atoms with Crippen molar-refractivity contribution in [2.75, 3.05) is 43.1 Å². The van der Waals surface area contributed by atoms with Crippen LogP contribution in [0.4, 0.5) is 11.5 Å². The molecule has 0 aliphatic carbocycles. The number of amides is 1. The Bertz CT molecular complexity index is 1150. The van der Waals surface area contributed by atoms with E-state index < -0.39 is 0 Å². The van der Waals surface area contributed by atoms with Gasteiger partial charge in [0.05, 0.1) is 28.8 Å². The van der Waals surface area contributed by atoms with Crippen molar-refractivity contribution >= 4 is 40.8 Å². The van der Waals surface area contributed by atoms with Crippen LogP contribution in [-0.2, 0) is 17.1 Å². The quantitative estimate of drug-likeness (QED) is 0.326. The standard InChI is InChI=1S/C25H30ClN5O3S/c1-17(2)27-24(32)22-9-8-19(34-22)16-35-25-28-18(15-33-3)14-23(29-25)31-12-10-30(11-13-31)21-7-5-4-6-20(21)26/h4-9,14,17H,10-13,15-16H2,1-3H3,(H,27,32). The van der Waals surface area contributed by atoms with E-state index in [4.69, 9.17) is 25.7 Å². The molecule has 1 aromatic carbocycles. The molecule has 8 nitrogen and oxygen atoms in total. The molecule has 0 bridgehead atoms. The zero-order chi connectivity index (χ0) is 24.8. The number of methoxy groups -OCH3 is 1. The van der Waals surface area contributed by atoms with E-state index in [2.05, 4.69) is 26.2 Å². The summed E-state index contributed by atoms with van der Waals surface area (Å²) in [4.78, 5) is 26.2. The molecule has 1 fully saturated rings. The number of ether oxygens (including phenoxy) is 1. The molecule has 3 aromatic rings. The van der Waals surface area contributed by atoms with E-state index in [-0.39, 0.29) is 11.9 Å². The first-order chi connectivity index (χ1) is 16.9. The minimum absolute atomic E-state index is 0.0484. The van der Waals surface area contributed by atoms with Crippen LogP contribution in [0.5, 0.6) is 0 Å². The van der Waals surface area contributed by atoms with Gasteiger partial charge in [-0.05, 0) is 38.1 Å². The lowest BCUT2D eigenvalue weighted by atomic mass is 10.2. The average Bonchev–Trinajstić information content (AvgIpc) is 3.32. The van der Waals surface area contributed by atoms with Gasteiger partial charge in [0.15, 0.2) is 10.9 Å². The summed E-state index contributed by atoms with van der Waals surface area (Å²) in [7, 11) is 1.66. The van der Waals surface area contributed by atoms with E-state index in [0.717, 1.165) is 48.4 Å². The molecule has 0 spiro atoms. The Kier molecular flexibility index (Phi) is 8.54. The van der Waals surface area contributed by atoms with Gasteiger partial charge in [0, 0.05) is 45.4 Å². The zero-order valence-electron chi connectivity index (χ0n) is 20.2. The van der Waals surface area contributed by atoms with Crippen LogP contribution in [0.1, 0.15) is 35.9 Å². The third-order valence-electron chi connectivity index (χ3n) is 5.48. The van der Waals surface area contributed by atoms with Crippen LogP contribution >= 0.6 is 23.4 Å². The van der Waals surface area contributed by atoms with E-state index in [1.54, 1.807) is 13.2 Å². The number of anilines is 2. The summed E-state index contributed by atoms with van der Waals surface area (Å²) < 4.78 is 11.0. The lowest BCUT2D eigenvalue weighted by Crippen LogP contribution is -2.47. The molecule has 1 N–H and O–H groups in total. The molecule has 35 heavy (non-hydrogen) atoms. The highest BCUT2D eigenvalue weighted by Gasteiger charge is 2.21. The van der Waals surface area contributed by atoms with Crippen molar-refractivity contribution in [3.05, 3.63) is 64.7 Å². The van der Waals surface area contributed by atoms with Crippen molar-refractivity contribution in [2.24, 2.45) is 0 Å². The fourth-order valence-electron chi connectivity index (χ4n) is 3.84. The van der Waals surface area contributed by atoms with Crippen molar-refractivity contribution in [1.82, 2.24) is 15.3 Å². The molecule has 0 saturated carbocycles. The molecule has 1 saturated heterocycles. The Morgan fingerprint density at radius 3 is 2.60 bits per heavy atom. The smallest absolute Gasteiger partial charge is 0.287 e. The summed E-state index contributed by atoms with van der Waals surface area (Å²) in [5, 5.41) is 4.25. The molecule has 1 aliphatic rings. The number of thioether (sulfide) groups is 1. The number of hydrogen-bond acceptors (Lipinski definition) is 8. The summed E-state index contributed by atoms with van der Waals surface area (Å²) in [5.74, 6) is 2.18. The molecule has 1 aliphatic heterocycles. The highest BCUT2D eigenvalue weighted by molar-refractivity contribution is 7.98. The molecule has 1 amide bonds.